The van der Waals surface area contributed by atoms with Gasteiger partial charge >= 0.3 is 5.97 Å². The minimum absolute atomic E-state index is 0.00638. The molecule has 0 fully saturated rings. The van der Waals surface area contributed by atoms with Crippen molar-refractivity contribution in [2.45, 2.75) is 18.4 Å². The van der Waals surface area contributed by atoms with E-state index in [2.05, 4.69) is 9.46 Å². The van der Waals surface area contributed by atoms with Gasteiger partial charge in [-0.15, -0.1) is 0 Å². The van der Waals surface area contributed by atoms with Crippen LogP contribution < -0.4 is 9.46 Å². The van der Waals surface area contributed by atoms with Crippen molar-refractivity contribution in [2.75, 3.05) is 13.7 Å². The lowest BCUT2D eigenvalue weighted by molar-refractivity contribution is 0.0600. The van der Waals surface area contributed by atoms with E-state index < -0.39 is 16.0 Å². The Balaban J connectivity index is 2.15. The number of carbonyl (C=O) groups is 1. The largest absolute Gasteiger partial charge is 0.494 e. The first kappa shape index (κ1) is 19.2. The Hall–Kier alpha value is -2.09. The van der Waals surface area contributed by atoms with Crippen molar-refractivity contribution in [3.05, 3.63) is 58.6 Å². The van der Waals surface area contributed by atoms with Crippen LogP contribution in [0.25, 0.3) is 0 Å². The molecular formula is C17H18ClNO5S. The Kier molecular flexibility index (Phi) is 6.41. The zero-order valence-electron chi connectivity index (χ0n) is 13.8. The van der Waals surface area contributed by atoms with E-state index in [1.807, 2.05) is 6.92 Å². The Morgan fingerprint density at radius 1 is 1.16 bits per heavy atom. The first-order valence-electron chi connectivity index (χ1n) is 7.46. The molecule has 25 heavy (non-hydrogen) atoms. The summed E-state index contributed by atoms with van der Waals surface area (Å²) in [4.78, 5) is 11.6. The Labute approximate surface area is 151 Å². The van der Waals surface area contributed by atoms with Gasteiger partial charge in [-0.05, 0) is 42.8 Å². The molecule has 0 saturated carbocycles. The van der Waals surface area contributed by atoms with Crippen LogP contribution in [0.15, 0.2) is 47.4 Å². The molecule has 0 unspecified atom stereocenters. The SMILES string of the molecule is CCOc1ccc(CNS(=O)(=O)c2ccc(Cl)c(C(=O)OC)c2)cc1. The number of esters is 1. The van der Waals surface area contributed by atoms with E-state index in [0.29, 0.717) is 6.61 Å². The van der Waals surface area contributed by atoms with Gasteiger partial charge in [0, 0.05) is 6.54 Å². The maximum absolute atomic E-state index is 12.4. The van der Waals surface area contributed by atoms with E-state index in [4.69, 9.17) is 16.3 Å². The van der Waals surface area contributed by atoms with Crippen LogP contribution in [0, 0.1) is 0 Å². The Morgan fingerprint density at radius 3 is 2.44 bits per heavy atom. The van der Waals surface area contributed by atoms with Crippen LogP contribution in [0.2, 0.25) is 5.02 Å². The van der Waals surface area contributed by atoms with Crippen LogP contribution in [0.5, 0.6) is 5.75 Å². The summed E-state index contributed by atoms with van der Waals surface area (Å²) in [5.74, 6) is 0.0168. The van der Waals surface area contributed by atoms with E-state index >= 15 is 0 Å². The van der Waals surface area contributed by atoms with Crippen LogP contribution in [-0.4, -0.2) is 28.1 Å². The van der Waals surface area contributed by atoms with Crippen molar-refractivity contribution >= 4 is 27.6 Å². The fraction of sp³-hybridized carbons (Fsp3) is 0.235. The molecule has 0 aromatic heterocycles. The van der Waals surface area contributed by atoms with Crippen LogP contribution in [0.3, 0.4) is 0 Å². The monoisotopic (exact) mass is 383 g/mol. The molecule has 0 bridgehead atoms. The molecule has 0 atom stereocenters. The average Bonchev–Trinajstić information content (AvgIpc) is 2.61. The Bertz CT molecular complexity index is 850. The molecule has 2 aromatic rings. The second-order valence-electron chi connectivity index (χ2n) is 5.03. The van der Waals surface area contributed by atoms with E-state index in [1.54, 1.807) is 24.3 Å². The summed E-state index contributed by atoms with van der Waals surface area (Å²) in [5, 5.41) is 0.123. The second-order valence-corrected chi connectivity index (χ2v) is 7.21. The highest BCUT2D eigenvalue weighted by molar-refractivity contribution is 7.89. The molecule has 1 N–H and O–H groups in total. The van der Waals surface area contributed by atoms with Gasteiger partial charge in [0.1, 0.15) is 5.75 Å². The molecule has 0 amide bonds. The minimum atomic E-state index is -3.81. The zero-order chi connectivity index (χ0) is 18.4. The molecule has 0 heterocycles. The third kappa shape index (κ3) is 4.94. The van der Waals surface area contributed by atoms with Crippen molar-refractivity contribution < 1.29 is 22.7 Å². The van der Waals surface area contributed by atoms with Gasteiger partial charge in [0.15, 0.2) is 0 Å². The quantitative estimate of drug-likeness (QED) is 0.743. The van der Waals surface area contributed by atoms with E-state index in [0.717, 1.165) is 11.3 Å². The number of rotatable bonds is 7. The number of ether oxygens (including phenoxy) is 2. The fourth-order valence-corrected chi connectivity index (χ4v) is 3.31. The van der Waals surface area contributed by atoms with E-state index in [1.165, 1.54) is 25.3 Å². The highest BCUT2D eigenvalue weighted by Gasteiger charge is 2.19. The highest BCUT2D eigenvalue weighted by Crippen LogP contribution is 2.21. The number of benzene rings is 2. The average molecular weight is 384 g/mol. The van der Waals surface area contributed by atoms with Crippen molar-refractivity contribution in [3.8, 4) is 5.75 Å². The van der Waals surface area contributed by atoms with Crippen LogP contribution in [-0.2, 0) is 21.3 Å². The van der Waals surface area contributed by atoms with Crippen molar-refractivity contribution in [1.82, 2.24) is 4.72 Å². The number of nitrogens with one attached hydrogen (secondary N) is 1. The second kappa shape index (κ2) is 8.33. The molecule has 0 aliphatic rings. The molecular weight excluding hydrogens is 366 g/mol. The molecule has 0 aliphatic carbocycles. The van der Waals surface area contributed by atoms with Crippen molar-refractivity contribution in [2.24, 2.45) is 0 Å². The minimum Gasteiger partial charge on any atom is -0.494 e. The summed E-state index contributed by atoms with van der Waals surface area (Å²) >= 11 is 5.91. The lowest BCUT2D eigenvalue weighted by Crippen LogP contribution is -2.23. The maximum atomic E-state index is 12.4. The van der Waals surface area contributed by atoms with Gasteiger partial charge in [0.2, 0.25) is 10.0 Å². The van der Waals surface area contributed by atoms with Crippen LogP contribution in [0.4, 0.5) is 0 Å². The predicted molar refractivity (Wildman–Crippen MR) is 94.4 cm³/mol. The number of sulfonamides is 1. The summed E-state index contributed by atoms with van der Waals surface area (Å²) in [5.41, 5.74) is 0.766. The summed E-state index contributed by atoms with van der Waals surface area (Å²) < 4.78 is 37.3. The molecule has 2 aromatic carbocycles. The predicted octanol–water partition coefficient (Wildman–Crippen LogP) is 3.00. The zero-order valence-corrected chi connectivity index (χ0v) is 15.4. The first-order valence-corrected chi connectivity index (χ1v) is 9.32. The molecule has 0 saturated heterocycles. The Morgan fingerprint density at radius 2 is 1.84 bits per heavy atom. The third-order valence-corrected chi connectivity index (χ3v) is 5.08. The van der Waals surface area contributed by atoms with Gasteiger partial charge in [-0.2, -0.15) is 0 Å². The first-order chi connectivity index (χ1) is 11.9. The van der Waals surface area contributed by atoms with Crippen molar-refractivity contribution in [1.29, 1.82) is 0 Å². The lowest BCUT2D eigenvalue weighted by Gasteiger charge is -2.10. The summed E-state index contributed by atoms with van der Waals surface area (Å²) in [6.07, 6.45) is 0. The third-order valence-electron chi connectivity index (χ3n) is 3.35. The van der Waals surface area contributed by atoms with E-state index in [9.17, 15) is 13.2 Å². The summed E-state index contributed by atoms with van der Waals surface area (Å²) in [7, 11) is -2.61. The van der Waals surface area contributed by atoms with Gasteiger partial charge in [-0.25, -0.2) is 17.9 Å². The van der Waals surface area contributed by atoms with E-state index in [-0.39, 0.29) is 22.0 Å². The van der Waals surface area contributed by atoms with Crippen LogP contribution >= 0.6 is 11.6 Å². The number of methoxy groups -OCH3 is 1. The standard InChI is InChI=1S/C17H18ClNO5S/c1-3-24-13-6-4-12(5-7-13)11-19-25(21,22)14-8-9-16(18)15(10-14)17(20)23-2/h4-10,19H,3,11H2,1-2H3. The number of hydrogen-bond acceptors (Lipinski definition) is 5. The topological polar surface area (TPSA) is 81.7 Å². The number of halogens is 1. The normalized spacial score (nSPS) is 11.2. The molecule has 8 heteroatoms. The van der Waals surface area contributed by atoms with Gasteiger partial charge in [0.05, 0.1) is 29.2 Å². The van der Waals surface area contributed by atoms with Crippen LogP contribution in [0.1, 0.15) is 22.8 Å². The fourth-order valence-electron chi connectivity index (χ4n) is 2.07. The van der Waals surface area contributed by atoms with Gasteiger partial charge in [-0.1, -0.05) is 23.7 Å². The summed E-state index contributed by atoms with van der Waals surface area (Å²) in [6.45, 7) is 2.55. The van der Waals surface area contributed by atoms with Gasteiger partial charge < -0.3 is 9.47 Å². The molecule has 0 radical (unpaired) electrons. The molecule has 2 rings (SSSR count). The van der Waals surface area contributed by atoms with Crippen molar-refractivity contribution in [3.63, 3.8) is 0 Å². The maximum Gasteiger partial charge on any atom is 0.339 e. The number of carbonyl (C=O) groups excluding carboxylic acids is 1. The summed E-state index contributed by atoms with van der Waals surface area (Å²) in [6, 6.07) is 10.9. The number of hydrogen-bond donors (Lipinski definition) is 1. The highest BCUT2D eigenvalue weighted by atomic mass is 35.5. The molecule has 0 aliphatic heterocycles. The van der Waals surface area contributed by atoms with Gasteiger partial charge in [-0.3, -0.25) is 0 Å². The molecule has 0 spiro atoms. The molecule has 134 valence electrons. The lowest BCUT2D eigenvalue weighted by atomic mass is 10.2. The molecule has 6 nitrogen and oxygen atoms in total. The van der Waals surface area contributed by atoms with Gasteiger partial charge in [0.25, 0.3) is 0 Å². The smallest absolute Gasteiger partial charge is 0.339 e.